The number of aryl methyl sites for hydroxylation is 3. The van der Waals surface area contributed by atoms with Gasteiger partial charge in [0.1, 0.15) is 5.82 Å². The highest BCUT2D eigenvalue weighted by atomic mass is 79.9. The van der Waals surface area contributed by atoms with Crippen LogP contribution in [0, 0.1) is 12.7 Å². The number of thiazole rings is 1. The predicted octanol–water partition coefficient (Wildman–Crippen LogP) is 3.53. The van der Waals surface area contributed by atoms with Crippen molar-refractivity contribution in [3.05, 3.63) is 38.5 Å². The van der Waals surface area contributed by atoms with Crippen LogP contribution in [-0.2, 0) is 13.0 Å². The molecular formula is C13H12BrFN4S. The van der Waals surface area contributed by atoms with Crippen molar-refractivity contribution in [2.45, 2.75) is 19.9 Å². The summed E-state index contributed by atoms with van der Waals surface area (Å²) in [5, 5.41) is 3.09. The number of nitrogen functional groups attached to an aromatic ring is 1. The molecule has 1 aromatic carbocycles. The largest absolute Gasteiger partial charge is 0.369 e. The summed E-state index contributed by atoms with van der Waals surface area (Å²) in [6.45, 7) is 2.65. The van der Waals surface area contributed by atoms with E-state index in [1.165, 1.54) is 6.07 Å². The zero-order valence-electron chi connectivity index (χ0n) is 10.7. The van der Waals surface area contributed by atoms with Crippen LogP contribution in [0.4, 0.5) is 10.3 Å². The number of nitrogens with zero attached hydrogens (tertiary/aromatic N) is 3. The zero-order chi connectivity index (χ0) is 14.3. The Labute approximate surface area is 127 Å². The van der Waals surface area contributed by atoms with Gasteiger partial charge in [-0.15, -0.1) is 11.3 Å². The topological polar surface area (TPSA) is 56.7 Å². The van der Waals surface area contributed by atoms with E-state index >= 15 is 0 Å². The van der Waals surface area contributed by atoms with Gasteiger partial charge in [0.05, 0.1) is 26.2 Å². The molecule has 0 amide bonds. The molecule has 0 bridgehead atoms. The maximum absolute atomic E-state index is 13.5. The van der Waals surface area contributed by atoms with Gasteiger partial charge in [-0.3, -0.25) is 0 Å². The summed E-state index contributed by atoms with van der Waals surface area (Å²) in [6, 6.07) is 3.10. The van der Waals surface area contributed by atoms with Crippen molar-refractivity contribution in [2.75, 3.05) is 5.73 Å². The Balaban J connectivity index is 1.94. The molecule has 4 nitrogen and oxygen atoms in total. The lowest BCUT2D eigenvalue weighted by atomic mass is 10.3. The van der Waals surface area contributed by atoms with E-state index < -0.39 is 0 Å². The van der Waals surface area contributed by atoms with Gasteiger partial charge in [-0.05, 0) is 28.9 Å². The molecule has 3 rings (SSSR count). The van der Waals surface area contributed by atoms with Crippen LogP contribution < -0.4 is 5.73 Å². The summed E-state index contributed by atoms with van der Waals surface area (Å²) in [5.74, 6) is 0.0572. The minimum absolute atomic E-state index is 0.336. The molecule has 2 N–H and O–H groups in total. The first-order valence-corrected chi connectivity index (χ1v) is 7.73. The maximum atomic E-state index is 13.5. The van der Waals surface area contributed by atoms with Crippen molar-refractivity contribution < 1.29 is 4.39 Å². The fraction of sp³-hybridized carbons (Fsp3) is 0.231. The molecule has 2 heterocycles. The number of aromatic nitrogens is 3. The number of rotatable bonds is 3. The third-order valence-electron chi connectivity index (χ3n) is 3.08. The molecule has 0 spiro atoms. The SMILES string of the molecule is Cc1nc(CCn2c(N)nc3cc(F)c(Br)cc32)cs1. The molecule has 2 aromatic heterocycles. The van der Waals surface area contributed by atoms with Crippen LogP contribution in [-0.4, -0.2) is 14.5 Å². The molecule has 0 atom stereocenters. The first kappa shape index (κ1) is 13.5. The van der Waals surface area contributed by atoms with Crippen LogP contribution in [0.2, 0.25) is 0 Å². The highest BCUT2D eigenvalue weighted by Gasteiger charge is 2.12. The molecule has 20 heavy (non-hydrogen) atoms. The Morgan fingerprint density at radius 2 is 2.20 bits per heavy atom. The van der Waals surface area contributed by atoms with Crippen molar-refractivity contribution in [1.82, 2.24) is 14.5 Å². The molecule has 104 valence electrons. The molecule has 0 fully saturated rings. The molecular weight excluding hydrogens is 343 g/mol. The smallest absolute Gasteiger partial charge is 0.201 e. The normalized spacial score (nSPS) is 11.3. The van der Waals surface area contributed by atoms with Gasteiger partial charge in [-0.1, -0.05) is 0 Å². The van der Waals surface area contributed by atoms with Crippen LogP contribution in [0.3, 0.4) is 0 Å². The predicted molar refractivity (Wildman–Crippen MR) is 82.4 cm³/mol. The number of nitrogens with two attached hydrogens (primary N) is 1. The summed E-state index contributed by atoms with van der Waals surface area (Å²) in [5.41, 5.74) is 8.35. The van der Waals surface area contributed by atoms with E-state index in [-0.39, 0.29) is 5.82 Å². The second kappa shape index (κ2) is 5.14. The Bertz CT molecular complexity index is 780. The average Bonchev–Trinajstić information content (AvgIpc) is 2.92. The van der Waals surface area contributed by atoms with Crippen LogP contribution in [0.15, 0.2) is 22.0 Å². The zero-order valence-corrected chi connectivity index (χ0v) is 13.1. The monoisotopic (exact) mass is 354 g/mol. The number of anilines is 1. The van der Waals surface area contributed by atoms with Crippen molar-refractivity contribution in [2.24, 2.45) is 0 Å². The number of benzene rings is 1. The van der Waals surface area contributed by atoms with Gasteiger partial charge in [0, 0.05) is 24.4 Å². The third-order valence-corrected chi connectivity index (χ3v) is 4.51. The number of hydrogen-bond acceptors (Lipinski definition) is 4. The van der Waals surface area contributed by atoms with E-state index in [2.05, 4.69) is 25.9 Å². The van der Waals surface area contributed by atoms with Gasteiger partial charge in [-0.25, -0.2) is 14.4 Å². The van der Waals surface area contributed by atoms with Crippen LogP contribution >= 0.6 is 27.3 Å². The second-order valence-electron chi connectivity index (χ2n) is 4.48. The van der Waals surface area contributed by atoms with Gasteiger partial charge in [-0.2, -0.15) is 0 Å². The molecule has 0 aliphatic heterocycles. The van der Waals surface area contributed by atoms with Gasteiger partial charge in [0.25, 0.3) is 0 Å². The Morgan fingerprint density at radius 1 is 1.40 bits per heavy atom. The van der Waals surface area contributed by atoms with E-state index in [0.717, 1.165) is 22.6 Å². The Kier molecular flexibility index (Phi) is 3.47. The van der Waals surface area contributed by atoms with Gasteiger partial charge >= 0.3 is 0 Å². The first-order chi connectivity index (χ1) is 9.54. The number of fused-ring (bicyclic) bond motifs is 1. The molecule has 0 unspecified atom stereocenters. The lowest BCUT2D eigenvalue weighted by molar-refractivity contribution is 0.622. The van der Waals surface area contributed by atoms with Crippen LogP contribution in [0.25, 0.3) is 11.0 Å². The quantitative estimate of drug-likeness (QED) is 0.782. The van der Waals surface area contributed by atoms with Crippen molar-refractivity contribution >= 4 is 44.2 Å². The third kappa shape index (κ3) is 2.43. The highest BCUT2D eigenvalue weighted by Crippen LogP contribution is 2.25. The van der Waals surface area contributed by atoms with Gasteiger partial charge in [0.2, 0.25) is 5.95 Å². The van der Waals surface area contributed by atoms with Crippen molar-refractivity contribution in [1.29, 1.82) is 0 Å². The summed E-state index contributed by atoms with van der Waals surface area (Å²) >= 11 is 4.82. The minimum Gasteiger partial charge on any atom is -0.369 e. The number of imidazole rings is 1. The molecule has 0 radical (unpaired) electrons. The standard InChI is InChI=1S/C13H12BrFN4S/c1-7-17-8(6-20-7)2-3-19-12-4-9(14)10(15)5-11(12)18-13(19)16/h4-6H,2-3H2,1H3,(H2,16,18). The van der Waals surface area contributed by atoms with Crippen LogP contribution in [0.1, 0.15) is 10.7 Å². The second-order valence-corrected chi connectivity index (χ2v) is 6.40. The fourth-order valence-electron chi connectivity index (χ4n) is 2.12. The van der Waals surface area contributed by atoms with Crippen molar-refractivity contribution in [3.8, 4) is 0 Å². The lowest BCUT2D eigenvalue weighted by Crippen LogP contribution is -2.06. The lowest BCUT2D eigenvalue weighted by Gasteiger charge is -2.05. The summed E-state index contributed by atoms with van der Waals surface area (Å²) < 4.78 is 15.8. The van der Waals surface area contributed by atoms with E-state index in [0.29, 0.717) is 22.5 Å². The van der Waals surface area contributed by atoms with E-state index in [4.69, 9.17) is 5.73 Å². The van der Waals surface area contributed by atoms with Gasteiger partial charge in [0.15, 0.2) is 0 Å². The molecule has 3 aromatic rings. The van der Waals surface area contributed by atoms with E-state index in [1.54, 1.807) is 17.4 Å². The van der Waals surface area contributed by atoms with E-state index in [9.17, 15) is 4.39 Å². The molecule has 0 aliphatic carbocycles. The van der Waals surface area contributed by atoms with E-state index in [1.807, 2.05) is 16.9 Å². The molecule has 0 saturated carbocycles. The Morgan fingerprint density at radius 3 is 2.90 bits per heavy atom. The number of hydrogen-bond donors (Lipinski definition) is 1. The first-order valence-electron chi connectivity index (χ1n) is 6.06. The van der Waals surface area contributed by atoms with Gasteiger partial charge < -0.3 is 10.3 Å². The molecule has 0 saturated heterocycles. The average molecular weight is 355 g/mol. The van der Waals surface area contributed by atoms with Crippen molar-refractivity contribution in [3.63, 3.8) is 0 Å². The summed E-state index contributed by atoms with van der Waals surface area (Å²) in [4.78, 5) is 8.62. The summed E-state index contributed by atoms with van der Waals surface area (Å²) in [6.07, 6.45) is 0.773. The highest BCUT2D eigenvalue weighted by molar-refractivity contribution is 9.10. The summed E-state index contributed by atoms with van der Waals surface area (Å²) in [7, 11) is 0. The fourth-order valence-corrected chi connectivity index (χ4v) is 3.10. The molecule has 0 aliphatic rings. The minimum atomic E-state index is -0.336. The maximum Gasteiger partial charge on any atom is 0.201 e. The number of halogens is 2. The Hall–Kier alpha value is -1.47. The molecule has 7 heteroatoms. The van der Waals surface area contributed by atoms with Crippen LogP contribution in [0.5, 0.6) is 0 Å².